The summed E-state index contributed by atoms with van der Waals surface area (Å²) in [7, 11) is 0. The van der Waals surface area contributed by atoms with Crippen molar-refractivity contribution in [2.45, 2.75) is 57.1 Å². The Morgan fingerprint density at radius 3 is 2.81 bits per heavy atom. The van der Waals surface area contributed by atoms with E-state index < -0.39 is 11.9 Å². The van der Waals surface area contributed by atoms with E-state index in [0.717, 1.165) is 44.3 Å². The highest BCUT2D eigenvalue weighted by atomic mass is 32.1. The van der Waals surface area contributed by atoms with Crippen LogP contribution in [0.25, 0.3) is 0 Å². The largest absolute Gasteiger partial charge is 0.494 e. The predicted octanol–water partition coefficient (Wildman–Crippen LogP) is 3.80. The Morgan fingerprint density at radius 1 is 1.22 bits per heavy atom. The number of fused-ring (bicyclic) bond motifs is 2. The fourth-order valence-electron chi connectivity index (χ4n) is 5.85. The fourth-order valence-corrected chi connectivity index (χ4v) is 6.00. The molecule has 0 aromatic carbocycles. The van der Waals surface area contributed by atoms with Gasteiger partial charge in [-0.2, -0.15) is 0 Å². The zero-order valence-corrected chi connectivity index (χ0v) is 16.1. The molecule has 4 rings (SSSR count). The summed E-state index contributed by atoms with van der Waals surface area (Å²) in [5.41, 5.74) is 0. The van der Waals surface area contributed by atoms with Crippen LogP contribution in [0.2, 0.25) is 0 Å². The first kappa shape index (κ1) is 18.6. The number of nitrogens with zero attached hydrogens (tertiary/aromatic N) is 1. The topological polar surface area (TPSA) is 76.0 Å². The standard InChI is InChI=1S/C21H25NO4S/c23-13-6-8-16-19(10-13)26-18-4-2-1-3-15(18)20(16)14-7-5-12(22-11-27)9-17(14)21(24)25/h6,8,10,12,14-18,20H,1-5,7,9H2,(H,24,25). The van der Waals surface area contributed by atoms with Crippen molar-refractivity contribution in [3.8, 4) is 0 Å². The number of carboxylic acid groups (broad SMARTS) is 1. The van der Waals surface area contributed by atoms with Crippen LogP contribution in [0.3, 0.4) is 0 Å². The molecule has 27 heavy (non-hydrogen) atoms. The van der Waals surface area contributed by atoms with E-state index in [9.17, 15) is 14.7 Å². The second kappa shape index (κ2) is 7.69. The highest BCUT2D eigenvalue weighted by molar-refractivity contribution is 7.78. The molecule has 3 aliphatic carbocycles. The minimum atomic E-state index is -0.746. The number of aliphatic imine (C=N–C) groups is 1. The molecule has 1 aliphatic heterocycles. The van der Waals surface area contributed by atoms with Crippen molar-refractivity contribution in [3.63, 3.8) is 0 Å². The second-order valence-corrected chi connectivity index (χ2v) is 8.49. The Labute approximate surface area is 164 Å². The van der Waals surface area contributed by atoms with Crippen molar-refractivity contribution < 1.29 is 19.4 Å². The molecule has 0 bridgehead atoms. The van der Waals surface area contributed by atoms with E-state index in [1.165, 1.54) is 0 Å². The minimum absolute atomic E-state index is 0.0134. The Morgan fingerprint density at radius 2 is 2.04 bits per heavy atom. The Hall–Kier alpha value is -1.78. The number of rotatable bonds is 3. The van der Waals surface area contributed by atoms with Gasteiger partial charge in [-0.3, -0.25) is 9.59 Å². The number of hydrogen-bond donors (Lipinski definition) is 1. The number of hydrogen-bond acceptors (Lipinski definition) is 5. The Bertz CT molecular complexity index is 738. The highest BCUT2D eigenvalue weighted by Crippen LogP contribution is 2.53. The lowest BCUT2D eigenvalue weighted by atomic mass is 9.58. The number of carbonyl (C=O) groups excluding carboxylic acids is 1. The zero-order valence-electron chi connectivity index (χ0n) is 15.3. The smallest absolute Gasteiger partial charge is 0.306 e. The van der Waals surface area contributed by atoms with Crippen LogP contribution < -0.4 is 0 Å². The van der Waals surface area contributed by atoms with E-state index in [2.05, 4.69) is 10.2 Å². The lowest BCUT2D eigenvalue weighted by Crippen LogP contribution is -2.50. The van der Waals surface area contributed by atoms with Crippen molar-refractivity contribution in [1.29, 1.82) is 0 Å². The van der Waals surface area contributed by atoms with Gasteiger partial charge in [-0.25, -0.2) is 4.99 Å². The molecule has 1 N–H and O–H groups in total. The molecular formula is C21H25NO4S. The third kappa shape index (κ3) is 3.53. The number of aliphatic carboxylic acids is 1. The summed E-state index contributed by atoms with van der Waals surface area (Å²) in [6.07, 6.45) is 11.8. The van der Waals surface area contributed by atoms with Crippen molar-refractivity contribution in [3.05, 3.63) is 24.0 Å². The van der Waals surface area contributed by atoms with Crippen LogP contribution in [0.15, 0.2) is 29.0 Å². The van der Waals surface area contributed by atoms with Crippen LogP contribution >= 0.6 is 12.2 Å². The van der Waals surface area contributed by atoms with E-state index in [-0.39, 0.29) is 35.7 Å². The van der Waals surface area contributed by atoms with Crippen molar-refractivity contribution in [2.75, 3.05) is 0 Å². The minimum Gasteiger partial charge on any atom is -0.494 e. The van der Waals surface area contributed by atoms with E-state index in [4.69, 9.17) is 17.0 Å². The molecule has 2 saturated carbocycles. The summed E-state index contributed by atoms with van der Waals surface area (Å²) in [6, 6.07) is -0.0414. The quantitative estimate of drug-likeness (QED) is 0.589. The summed E-state index contributed by atoms with van der Waals surface area (Å²) in [6.45, 7) is 0. The van der Waals surface area contributed by atoms with Gasteiger partial charge in [0.25, 0.3) is 0 Å². The summed E-state index contributed by atoms with van der Waals surface area (Å²) >= 11 is 4.73. The maximum Gasteiger partial charge on any atom is 0.306 e. The number of ketones is 1. The number of thiocarbonyl (C=S) groups is 1. The van der Waals surface area contributed by atoms with Crippen molar-refractivity contribution in [1.82, 2.24) is 0 Å². The van der Waals surface area contributed by atoms with Gasteiger partial charge in [0, 0.05) is 12.0 Å². The van der Waals surface area contributed by atoms with Crippen molar-refractivity contribution in [2.24, 2.45) is 34.6 Å². The van der Waals surface area contributed by atoms with Crippen LogP contribution in [0.1, 0.15) is 44.9 Å². The molecule has 0 amide bonds. The first-order valence-corrected chi connectivity index (χ1v) is 10.4. The zero-order chi connectivity index (χ0) is 19.0. The van der Waals surface area contributed by atoms with Gasteiger partial charge in [-0.1, -0.05) is 12.5 Å². The molecule has 7 atom stereocenters. The van der Waals surface area contributed by atoms with E-state index >= 15 is 0 Å². The third-order valence-electron chi connectivity index (χ3n) is 6.95. The second-order valence-electron chi connectivity index (χ2n) is 8.31. The maximum absolute atomic E-state index is 12.1. The number of isothiocyanates is 1. The predicted molar refractivity (Wildman–Crippen MR) is 103 cm³/mol. The first-order valence-electron chi connectivity index (χ1n) is 9.98. The average Bonchev–Trinajstić information content (AvgIpc) is 2.66. The van der Waals surface area contributed by atoms with Gasteiger partial charge < -0.3 is 9.84 Å². The summed E-state index contributed by atoms with van der Waals surface area (Å²) in [5.74, 6) is 0.175. The number of allylic oxidation sites excluding steroid dienone is 3. The summed E-state index contributed by atoms with van der Waals surface area (Å²) in [4.78, 5) is 28.2. The van der Waals surface area contributed by atoms with Gasteiger partial charge in [0.1, 0.15) is 11.9 Å². The van der Waals surface area contributed by atoms with E-state index in [0.29, 0.717) is 12.3 Å². The molecule has 1 heterocycles. The monoisotopic (exact) mass is 387 g/mol. The van der Waals surface area contributed by atoms with Gasteiger partial charge in [0.15, 0.2) is 5.78 Å². The molecule has 0 radical (unpaired) electrons. The van der Waals surface area contributed by atoms with Gasteiger partial charge in [0.2, 0.25) is 0 Å². The number of ether oxygens (including phenoxy) is 1. The van der Waals surface area contributed by atoms with E-state index in [1.54, 1.807) is 12.2 Å². The van der Waals surface area contributed by atoms with E-state index in [1.807, 2.05) is 6.08 Å². The number of carboxylic acids is 1. The maximum atomic E-state index is 12.1. The van der Waals surface area contributed by atoms with Crippen LogP contribution in [0.5, 0.6) is 0 Å². The fraction of sp³-hybridized carbons (Fsp3) is 0.667. The molecule has 0 aromatic heterocycles. The van der Waals surface area contributed by atoms with Crippen LogP contribution in [0.4, 0.5) is 0 Å². The van der Waals surface area contributed by atoms with Crippen molar-refractivity contribution >= 4 is 29.1 Å². The summed E-state index contributed by atoms with van der Waals surface area (Å²) in [5, 5.41) is 12.4. The normalized spacial score (nSPS) is 40.7. The Balaban J connectivity index is 1.68. The molecule has 4 aliphatic rings. The molecule has 3 fully saturated rings. The molecule has 1 saturated heterocycles. The molecule has 7 unspecified atom stereocenters. The summed E-state index contributed by atoms with van der Waals surface area (Å²) < 4.78 is 6.24. The van der Waals surface area contributed by atoms with Gasteiger partial charge in [0.05, 0.1) is 17.1 Å². The Kier molecular flexibility index (Phi) is 5.29. The highest BCUT2D eigenvalue weighted by Gasteiger charge is 2.51. The molecule has 0 spiro atoms. The molecule has 5 nitrogen and oxygen atoms in total. The SMILES string of the molecule is O=C1C=CC2C(=C1)OC1CCCCC1C2C1CCC(N=C=S)CC1C(=O)O. The van der Waals surface area contributed by atoms with Crippen LogP contribution in [-0.4, -0.2) is 34.2 Å². The van der Waals surface area contributed by atoms with Crippen LogP contribution in [0, 0.1) is 29.6 Å². The lowest BCUT2D eigenvalue weighted by molar-refractivity contribution is -0.150. The third-order valence-corrected chi connectivity index (χ3v) is 7.06. The lowest BCUT2D eigenvalue weighted by Gasteiger charge is -2.51. The number of carbonyl (C=O) groups is 2. The first-order chi connectivity index (χ1) is 13.1. The molecular weight excluding hydrogens is 362 g/mol. The van der Waals surface area contributed by atoms with Gasteiger partial charge >= 0.3 is 5.97 Å². The van der Waals surface area contributed by atoms with Gasteiger partial charge in [-0.05, 0) is 74.6 Å². The molecule has 6 heteroatoms. The molecule has 0 aromatic rings. The van der Waals surface area contributed by atoms with Crippen LogP contribution in [-0.2, 0) is 14.3 Å². The molecule has 144 valence electrons. The average molecular weight is 388 g/mol. The van der Waals surface area contributed by atoms with Gasteiger partial charge in [-0.15, -0.1) is 0 Å².